The molecule has 0 bridgehead atoms. The summed E-state index contributed by atoms with van der Waals surface area (Å²) >= 11 is 12.0. The van der Waals surface area contributed by atoms with E-state index >= 15 is 0 Å². The van der Waals surface area contributed by atoms with Crippen LogP contribution in [0.2, 0.25) is 10.0 Å². The Labute approximate surface area is 143 Å². The van der Waals surface area contributed by atoms with Gasteiger partial charge in [-0.2, -0.15) is 9.78 Å². The highest BCUT2D eigenvalue weighted by atomic mass is 35.5. The van der Waals surface area contributed by atoms with Crippen molar-refractivity contribution in [2.24, 2.45) is 0 Å². The first kappa shape index (κ1) is 15.6. The number of carbonyl (C=O) groups excluding carboxylic acids is 1. The predicted molar refractivity (Wildman–Crippen MR) is 93.0 cm³/mol. The minimum absolute atomic E-state index is 0.260. The Morgan fingerprint density at radius 3 is 2.48 bits per heavy atom. The van der Waals surface area contributed by atoms with Crippen molar-refractivity contribution in [2.75, 3.05) is 5.73 Å². The molecule has 0 spiro atoms. The lowest BCUT2D eigenvalue weighted by Gasteiger charge is -2.06. The quantitative estimate of drug-likeness (QED) is 0.746. The van der Waals surface area contributed by atoms with Crippen LogP contribution in [0.4, 0.5) is 5.82 Å². The van der Waals surface area contributed by atoms with Gasteiger partial charge in [0, 0.05) is 10.6 Å². The Hall–Kier alpha value is -2.30. The second kappa shape index (κ2) is 6.07. The number of hydrogen-bond donors (Lipinski definition) is 1. The van der Waals surface area contributed by atoms with E-state index in [4.69, 9.17) is 28.9 Å². The average Bonchev–Trinajstić information content (AvgIpc) is 2.82. The van der Waals surface area contributed by atoms with E-state index in [1.54, 1.807) is 12.1 Å². The summed E-state index contributed by atoms with van der Waals surface area (Å²) in [4.78, 5) is 12.7. The van der Waals surface area contributed by atoms with Gasteiger partial charge in [0.05, 0.1) is 16.3 Å². The largest absolute Gasteiger partial charge is 0.383 e. The van der Waals surface area contributed by atoms with Crippen molar-refractivity contribution in [3.05, 3.63) is 69.8 Å². The van der Waals surface area contributed by atoms with E-state index < -0.39 is 5.91 Å². The Morgan fingerprint density at radius 1 is 1.13 bits per heavy atom. The van der Waals surface area contributed by atoms with Crippen molar-refractivity contribution in [2.45, 2.75) is 6.92 Å². The highest BCUT2D eigenvalue weighted by Gasteiger charge is 2.21. The number of aryl methyl sites for hydroxylation is 1. The molecule has 0 aliphatic carbocycles. The van der Waals surface area contributed by atoms with Crippen LogP contribution in [0.25, 0.3) is 11.1 Å². The number of anilines is 1. The molecule has 0 saturated heterocycles. The van der Waals surface area contributed by atoms with Crippen LogP contribution in [0.15, 0.2) is 48.5 Å². The van der Waals surface area contributed by atoms with E-state index in [0.717, 1.165) is 11.1 Å². The standard InChI is InChI=1S/C17H13Cl2N3O/c1-10-15(11-5-3-2-4-6-11)16(20)22(21-10)17(23)13-8-7-12(18)9-14(13)19/h2-9H,20H2,1H3. The third kappa shape index (κ3) is 2.83. The van der Waals surface area contributed by atoms with E-state index in [0.29, 0.717) is 16.3 Å². The topological polar surface area (TPSA) is 60.9 Å². The van der Waals surface area contributed by atoms with Crippen molar-refractivity contribution < 1.29 is 4.79 Å². The molecule has 0 saturated carbocycles. The maximum Gasteiger partial charge on any atom is 0.281 e. The molecule has 0 unspecified atom stereocenters. The first-order valence-electron chi connectivity index (χ1n) is 6.89. The van der Waals surface area contributed by atoms with E-state index in [1.165, 1.54) is 10.7 Å². The molecule has 0 fully saturated rings. The molecule has 0 radical (unpaired) electrons. The van der Waals surface area contributed by atoms with Gasteiger partial charge >= 0.3 is 0 Å². The molecule has 23 heavy (non-hydrogen) atoms. The summed E-state index contributed by atoms with van der Waals surface area (Å²) in [6.07, 6.45) is 0. The maximum absolute atomic E-state index is 12.7. The second-order valence-corrected chi connectivity index (χ2v) is 5.90. The van der Waals surface area contributed by atoms with E-state index in [-0.39, 0.29) is 10.8 Å². The Bertz CT molecular complexity index is 888. The van der Waals surface area contributed by atoms with Gasteiger partial charge in [-0.05, 0) is 30.7 Å². The number of carbonyl (C=O) groups is 1. The highest BCUT2D eigenvalue weighted by molar-refractivity contribution is 6.36. The van der Waals surface area contributed by atoms with Crippen LogP contribution in [-0.2, 0) is 0 Å². The van der Waals surface area contributed by atoms with Gasteiger partial charge < -0.3 is 5.73 Å². The SMILES string of the molecule is Cc1nn(C(=O)c2ccc(Cl)cc2Cl)c(N)c1-c1ccccc1. The predicted octanol–water partition coefficient (Wildman–Crippen LogP) is 4.44. The Balaban J connectivity index is 2.10. The number of nitrogens with two attached hydrogens (primary N) is 1. The molecule has 0 atom stereocenters. The zero-order chi connectivity index (χ0) is 16.6. The Kier molecular flexibility index (Phi) is 4.11. The Morgan fingerprint density at radius 2 is 1.83 bits per heavy atom. The first-order valence-corrected chi connectivity index (χ1v) is 7.65. The lowest BCUT2D eigenvalue weighted by molar-refractivity contribution is 0.0948. The minimum Gasteiger partial charge on any atom is -0.383 e. The number of rotatable bonds is 2. The number of nitrogens with zero attached hydrogens (tertiary/aromatic N) is 2. The third-order valence-corrected chi connectivity index (χ3v) is 4.06. The van der Waals surface area contributed by atoms with Gasteiger partial charge in [-0.3, -0.25) is 4.79 Å². The van der Waals surface area contributed by atoms with E-state index in [1.807, 2.05) is 37.3 Å². The fourth-order valence-corrected chi connectivity index (χ4v) is 2.93. The fraction of sp³-hybridized carbons (Fsp3) is 0.0588. The summed E-state index contributed by atoms with van der Waals surface area (Å²) in [5.74, 6) is -0.112. The minimum atomic E-state index is -0.394. The number of nitrogen functional groups attached to an aromatic ring is 1. The van der Waals surface area contributed by atoms with Crippen molar-refractivity contribution in [1.29, 1.82) is 0 Å². The molecule has 1 aromatic heterocycles. The molecule has 0 amide bonds. The molecule has 3 rings (SSSR count). The normalized spacial score (nSPS) is 10.7. The lowest BCUT2D eigenvalue weighted by atomic mass is 10.1. The smallest absolute Gasteiger partial charge is 0.281 e. The molecule has 2 aromatic carbocycles. The van der Waals surface area contributed by atoms with E-state index in [9.17, 15) is 4.79 Å². The van der Waals surface area contributed by atoms with Crippen LogP contribution in [0.3, 0.4) is 0 Å². The second-order valence-electron chi connectivity index (χ2n) is 5.05. The van der Waals surface area contributed by atoms with Crippen LogP contribution in [0.5, 0.6) is 0 Å². The summed E-state index contributed by atoms with van der Waals surface area (Å²) in [6, 6.07) is 14.2. The molecule has 1 heterocycles. The van der Waals surface area contributed by atoms with Gasteiger partial charge in [0.25, 0.3) is 5.91 Å². The molecule has 4 nitrogen and oxygen atoms in total. The number of halogens is 2. The van der Waals surface area contributed by atoms with Gasteiger partial charge in [0.2, 0.25) is 0 Å². The van der Waals surface area contributed by atoms with Crippen LogP contribution in [-0.4, -0.2) is 15.7 Å². The summed E-state index contributed by atoms with van der Waals surface area (Å²) in [7, 11) is 0. The fourth-order valence-electron chi connectivity index (χ4n) is 2.44. The molecule has 0 aliphatic heterocycles. The molecule has 2 N–H and O–H groups in total. The summed E-state index contributed by atoms with van der Waals surface area (Å²) in [6.45, 7) is 1.81. The lowest BCUT2D eigenvalue weighted by Crippen LogP contribution is -2.16. The summed E-state index contributed by atoms with van der Waals surface area (Å²) in [5, 5.41) is 5.00. The number of hydrogen-bond acceptors (Lipinski definition) is 3. The van der Waals surface area contributed by atoms with Gasteiger partial charge in [-0.25, -0.2) is 0 Å². The third-order valence-electron chi connectivity index (χ3n) is 3.51. The molecule has 3 aromatic rings. The summed E-state index contributed by atoms with van der Waals surface area (Å²) in [5.41, 5.74) is 8.78. The number of aromatic nitrogens is 2. The van der Waals surface area contributed by atoms with Gasteiger partial charge in [0.15, 0.2) is 0 Å². The van der Waals surface area contributed by atoms with Gasteiger partial charge in [-0.15, -0.1) is 0 Å². The molecule has 6 heteroatoms. The van der Waals surface area contributed by atoms with Crippen molar-refractivity contribution >= 4 is 34.9 Å². The van der Waals surface area contributed by atoms with Crippen molar-refractivity contribution in [3.63, 3.8) is 0 Å². The van der Waals surface area contributed by atoms with Crippen LogP contribution < -0.4 is 5.73 Å². The molecule has 116 valence electrons. The average molecular weight is 346 g/mol. The van der Waals surface area contributed by atoms with Gasteiger partial charge in [0.1, 0.15) is 5.82 Å². The van der Waals surface area contributed by atoms with Crippen molar-refractivity contribution in [1.82, 2.24) is 9.78 Å². The zero-order valence-electron chi connectivity index (χ0n) is 12.3. The van der Waals surface area contributed by atoms with Crippen LogP contribution in [0.1, 0.15) is 16.1 Å². The molecule has 0 aliphatic rings. The molecular formula is C17H13Cl2N3O. The van der Waals surface area contributed by atoms with Crippen LogP contribution >= 0.6 is 23.2 Å². The number of benzene rings is 2. The van der Waals surface area contributed by atoms with Crippen LogP contribution in [0, 0.1) is 6.92 Å². The maximum atomic E-state index is 12.7. The highest BCUT2D eigenvalue weighted by Crippen LogP contribution is 2.30. The van der Waals surface area contributed by atoms with Gasteiger partial charge in [-0.1, -0.05) is 53.5 Å². The monoisotopic (exact) mass is 345 g/mol. The first-order chi connectivity index (χ1) is 11.0. The molecular weight excluding hydrogens is 333 g/mol. The van der Waals surface area contributed by atoms with E-state index in [2.05, 4.69) is 5.10 Å². The summed E-state index contributed by atoms with van der Waals surface area (Å²) < 4.78 is 1.17. The van der Waals surface area contributed by atoms with Crippen molar-refractivity contribution in [3.8, 4) is 11.1 Å². The zero-order valence-corrected chi connectivity index (χ0v) is 13.8.